The van der Waals surface area contributed by atoms with Crippen molar-refractivity contribution in [2.45, 2.75) is 6.92 Å². The van der Waals surface area contributed by atoms with Crippen LogP contribution < -0.4 is 4.90 Å². The van der Waals surface area contributed by atoms with Gasteiger partial charge in [-0.1, -0.05) is 36.4 Å². The largest absolute Gasteiger partial charge is 0.280 e. The molecule has 6 heteroatoms. The van der Waals surface area contributed by atoms with Crippen LogP contribution in [0.5, 0.6) is 0 Å². The number of nitrogens with one attached hydrogen (secondary N) is 1. The van der Waals surface area contributed by atoms with Crippen molar-refractivity contribution in [3.8, 4) is 0 Å². The lowest BCUT2D eigenvalue weighted by Gasteiger charge is -2.16. The minimum Gasteiger partial charge on any atom is -0.280 e. The van der Waals surface area contributed by atoms with Crippen LogP contribution in [0.25, 0.3) is 21.8 Å². The molecule has 2 aromatic carbocycles. The number of fused-ring (bicyclic) bond motifs is 4. The molecule has 0 bridgehead atoms. The van der Waals surface area contributed by atoms with Gasteiger partial charge < -0.3 is 0 Å². The molecule has 2 aromatic heterocycles. The zero-order valence-corrected chi connectivity index (χ0v) is 13.3. The lowest BCUT2D eigenvalue weighted by atomic mass is 10.1. The van der Waals surface area contributed by atoms with E-state index in [0.717, 1.165) is 16.5 Å². The Balaban J connectivity index is 1.79. The smallest absolute Gasteiger partial charge is 0.267 e. The van der Waals surface area contributed by atoms with Gasteiger partial charge in [0.05, 0.1) is 22.2 Å². The minimum atomic E-state index is -0.355. The summed E-state index contributed by atoms with van der Waals surface area (Å²) in [6.45, 7) is 1.82. The fourth-order valence-electron chi connectivity index (χ4n) is 3.46. The van der Waals surface area contributed by atoms with Crippen molar-refractivity contribution in [1.82, 2.24) is 15.2 Å². The van der Waals surface area contributed by atoms with Gasteiger partial charge in [-0.3, -0.25) is 14.7 Å². The molecule has 1 aliphatic heterocycles. The number of anilines is 1. The predicted molar refractivity (Wildman–Crippen MR) is 93.7 cm³/mol. The van der Waals surface area contributed by atoms with Crippen molar-refractivity contribution in [2.24, 2.45) is 0 Å². The van der Waals surface area contributed by atoms with E-state index >= 15 is 0 Å². The predicted octanol–water partition coefficient (Wildman–Crippen LogP) is 3.22. The highest BCUT2D eigenvalue weighted by Crippen LogP contribution is 2.36. The van der Waals surface area contributed by atoms with E-state index in [0.29, 0.717) is 27.8 Å². The number of aryl methyl sites for hydroxylation is 1. The van der Waals surface area contributed by atoms with Crippen molar-refractivity contribution >= 4 is 39.3 Å². The van der Waals surface area contributed by atoms with Gasteiger partial charge >= 0.3 is 0 Å². The topological polar surface area (TPSA) is 79.0 Å². The van der Waals surface area contributed by atoms with Gasteiger partial charge in [0.2, 0.25) is 0 Å². The van der Waals surface area contributed by atoms with E-state index < -0.39 is 0 Å². The molecule has 0 unspecified atom stereocenters. The molecular weight excluding hydrogens is 316 g/mol. The summed E-state index contributed by atoms with van der Waals surface area (Å²) in [5.74, 6) is -0.695. The van der Waals surface area contributed by atoms with E-state index in [4.69, 9.17) is 0 Å². The van der Waals surface area contributed by atoms with Gasteiger partial charge in [0.25, 0.3) is 11.8 Å². The number of imide groups is 1. The van der Waals surface area contributed by atoms with Crippen LogP contribution in [-0.2, 0) is 0 Å². The lowest BCUT2D eigenvalue weighted by Crippen LogP contribution is -2.29. The van der Waals surface area contributed by atoms with Crippen LogP contribution in [0.2, 0.25) is 0 Å². The molecule has 0 atom stereocenters. The summed E-state index contributed by atoms with van der Waals surface area (Å²) >= 11 is 0. The zero-order valence-electron chi connectivity index (χ0n) is 13.3. The molecule has 25 heavy (non-hydrogen) atoms. The van der Waals surface area contributed by atoms with Gasteiger partial charge in [0.1, 0.15) is 0 Å². The second-order valence-corrected chi connectivity index (χ2v) is 6.04. The molecule has 1 N–H and O–H groups in total. The van der Waals surface area contributed by atoms with Gasteiger partial charge in [-0.05, 0) is 18.4 Å². The first-order chi connectivity index (χ1) is 12.2. The minimum absolute atomic E-state index is 0.315. The quantitative estimate of drug-likeness (QED) is 0.544. The van der Waals surface area contributed by atoms with E-state index in [-0.39, 0.29) is 11.8 Å². The highest BCUT2D eigenvalue weighted by Gasteiger charge is 2.40. The van der Waals surface area contributed by atoms with Crippen LogP contribution >= 0.6 is 0 Å². The van der Waals surface area contributed by atoms with Crippen LogP contribution in [0.4, 0.5) is 5.69 Å². The van der Waals surface area contributed by atoms with Crippen LogP contribution in [0.3, 0.4) is 0 Å². The van der Waals surface area contributed by atoms with Gasteiger partial charge in [0.15, 0.2) is 5.65 Å². The van der Waals surface area contributed by atoms with E-state index in [1.54, 1.807) is 6.07 Å². The summed E-state index contributed by atoms with van der Waals surface area (Å²) in [4.78, 5) is 31.6. The first-order valence-corrected chi connectivity index (χ1v) is 7.87. The summed E-state index contributed by atoms with van der Waals surface area (Å²) in [5, 5.41) is 9.35. The molecule has 1 aliphatic rings. The average molecular weight is 328 g/mol. The van der Waals surface area contributed by atoms with Crippen molar-refractivity contribution < 1.29 is 9.59 Å². The molecule has 0 aliphatic carbocycles. The number of pyridine rings is 1. The third kappa shape index (κ3) is 1.73. The second kappa shape index (κ2) is 4.73. The van der Waals surface area contributed by atoms with Crippen LogP contribution in [-0.4, -0.2) is 27.0 Å². The van der Waals surface area contributed by atoms with Crippen molar-refractivity contribution in [1.29, 1.82) is 0 Å². The Labute approximate surface area is 142 Å². The Morgan fingerprint density at radius 1 is 1.00 bits per heavy atom. The molecule has 4 aromatic rings. The molecule has 120 valence electrons. The summed E-state index contributed by atoms with van der Waals surface area (Å²) < 4.78 is 0. The van der Waals surface area contributed by atoms with Crippen molar-refractivity contribution in [2.75, 3.05) is 4.90 Å². The fourth-order valence-corrected chi connectivity index (χ4v) is 3.46. The molecule has 2 amide bonds. The Morgan fingerprint density at radius 2 is 1.80 bits per heavy atom. The zero-order chi connectivity index (χ0) is 17.1. The number of carbonyl (C=O) groups is 2. The number of amides is 2. The van der Waals surface area contributed by atoms with Crippen LogP contribution in [0.15, 0.2) is 48.7 Å². The first kappa shape index (κ1) is 13.9. The molecule has 0 fully saturated rings. The van der Waals surface area contributed by atoms with Crippen LogP contribution in [0, 0.1) is 6.92 Å². The molecule has 3 heterocycles. The van der Waals surface area contributed by atoms with Crippen molar-refractivity contribution in [3.63, 3.8) is 0 Å². The first-order valence-electron chi connectivity index (χ1n) is 7.87. The number of H-pyrrole nitrogens is 1. The molecule has 0 spiro atoms. The summed E-state index contributed by atoms with van der Waals surface area (Å²) in [7, 11) is 0. The highest BCUT2D eigenvalue weighted by molar-refractivity contribution is 6.38. The maximum Gasteiger partial charge on any atom is 0.267 e. The van der Waals surface area contributed by atoms with E-state index in [1.807, 2.05) is 43.3 Å². The molecule has 5 rings (SSSR count). The third-order valence-electron chi connectivity index (χ3n) is 4.62. The average Bonchev–Trinajstić information content (AvgIpc) is 3.13. The van der Waals surface area contributed by atoms with Crippen molar-refractivity contribution in [3.05, 3.63) is 65.5 Å². The molecule has 0 saturated heterocycles. The second-order valence-electron chi connectivity index (χ2n) is 6.04. The SMILES string of the molecule is Cc1[nH]nc2ncc3c(c12)C(=O)N(c1cccc2ccccc12)C3=O. The normalized spacial score (nSPS) is 13.9. The number of aromatic amines is 1. The molecule has 0 radical (unpaired) electrons. The van der Waals surface area contributed by atoms with E-state index in [9.17, 15) is 9.59 Å². The number of hydrogen-bond acceptors (Lipinski definition) is 4. The number of benzene rings is 2. The molecule has 0 saturated carbocycles. The number of aromatic nitrogens is 3. The van der Waals surface area contributed by atoms with E-state index in [1.165, 1.54) is 11.1 Å². The lowest BCUT2D eigenvalue weighted by molar-refractivity contribution is 0.0927. The van der Waals surface area contributed by atoms with Gasteiger partial charge in [-0.15, -0.1) is 0 Å². The summed E-state index contributed by atoms with van der Waals surface area (Å²) in [5.41, 5.74) is 2.43. The monoisotopic (exact) mass is 328 g/mol. The molecule has 6 nitrogen and oxygen atoms in total. The van der Waals surface area contributed by atoms with Gasteiger partial charge in [0, 0.05) is 17.3 Å². The number of carbonyl (C=O) groups excluding carboxylic acids is 2. The standard InChI is InChI=1S/C19H12N4O2/c1-10-15-16-13(9-20-17(15)22-21-10)18(24)23(19(16)25)14-8-4-6-11-5-2-3-7-12(11)14/h2-9H,1H3,(H,20,21,22). The van der Waals surface area contributed by atoms with Gasteiger partial charge in [-0.2, -0.15) is 5.10 Å². The Hall–Kier alpha value is -3.54. The van der Waals surface area contributed by atoms with Crippen LogP contribution in [0.1, 0.15) is 26.4 Å². The maximum absolute atomic E-state index is 13.2. The van der Waals surface area contributed by atoms with E-state index in [2.05, 4.69) is 15.2 Å². The summed E-state index contributed by atoms with van der Waals surface area (Å²) in [6.07, 6.45) is 1.43. The van der Waals surface area contributed by atoms with Gasteiger partial charge in [-0.25, -0.2) is 9.88 Å². The third-order valence-corrected chi connectivity index (χ3v) is 4.62. The maximum atomic E-state index is 13.2. The highest BCUT2D eigenvalue weighted by atomic mass is 16.2. The molecular formula is C19H12N4O2. The Bertz CT molecular complexity index is 1200. The Kier molecular flexibility index (Phi) is 2.62. The fraction of sp³-hybridized carbons (Fsp3) is 0.0526. The number of nitrogens with zero attached hydrogens (tertiary/aromatic N) is 3. The summed E-state index contributed by atoms with van der Waals surface area (Å²) in [6, 6.07) is 13.3. The number of hydrogen-bond donors (Lipinski definition) is 1. The Morgan fingerprint density at radius 3 is 2.68 bits per heavy atom. The number of rotatable bonds is 1.